The highest BCUT2D eigenvalue weighted by Gasteiger charge is 2.14. The average Bonchev–Trinajstić information content (AvgIpc) is 2.66. The van der Waals surface area contributed by atoms with Crippen LogP contribution < -0.4 is 21.5 Å². The number of hydrogen-bond acceptors (Lipinski definition) is 5. The van der Waals surface area contributed by atoms with E-state index in [1.165, 1.54) is 12.1 Å². The maximum Gasteiger partial charge on any atom is 0.442 e. The summed E-state index contributed by atoms with van der Waals surface area (Å²) < 4.78 is 4.98. The molecule has 2 amide bonds. The van der Waals surface area contributed by atoms with Gasteiger partial charge in [-0.2, -0.15) is 0 Å². The van der Waals surface area contributed by atoms with Crippen LogP contribution in [0.3, 0.4) is 0 Å². The quantitative estimate of drug-likeness (QED) is 0.385. The van der Waals surface area contributed by atoms with Gasteiger partial charge >= 0.3 is 12.1 Å². The summed E-state index contributed by atoms with van der Waals surface area (Å²) in [4.78, 5) is 38.1. The molecule has 30 heavy (non-hydrogen) atoms. The number of nitrogens with two attached hydrogens (primary N) is 2. The Balaban J connectivity index is 1.91. The Kier molecular flexibility index (Phi) is 8.16. The molecule has 2 rings (SSSR count). The van der Waals surface area contributed by atoms with Crippen molar-refractivity contribution in [2.24, 2.45) is 16.5 Å². The number of carboxylic acids is 1. The lowest BCUT2D eigenvalue weighted by Crippen LogP contribution is -2.38. The fourth-order valence-electron chi connectivity index (χ4n) is 2.33. The van der Waals surface area contributed by atoms with Crippen LogP contribution in [0, 0.1) is 0 Å². The number of ether oxygens (including phenoxy) is 1. The van der Waals surface area contributed by atoms with Crippen molar-refractivity contribution >= 4 is 47.1 Å². The van der Waals surface area contributed by atoms with E-state index < -0.39 is 30.0 Å². The summed E-state index contributed by atoms with van der Waals surface area (Å²) in [5, 5.41) is 11.7. The van der Waals surface area contributed by atoms with Crippen LogP contribution >= 0.6 is 23.2 Å². The molecule has 2 aromatic carbocycles. The monoisotopic (exact) mass is 452 g/mol. The Morgan fingerprint density at radius 3 is 2.27 bits per heavy atom. The summed E-state index contributed by atoms with van der Waals surface area (Å²) in [6, 6.07) is 9.81. The minimum atomic E-state index is -1.12. The Morgan fingerprint density at radius 1 is 1.10 bits per heavy atom. The van der Waals surface area contributed by atoms with Gasteiger partial charge in [-0.15, -0.1) is 4.99 Å². The summed E-state index contributed by atoms with van der Waals surface area (Å²) >= 11 is 12.0. The second kappa shape index (κ2) is 10.6. The van der Waals surface area contributed by atoms with E-state index in [4.69, 9.17) is 44.5 Å². The average molecular weight is 453 g/mol. The smallest absolute Gasteiger partial charge is 0.442 e. The van der Waals surface area contributed by atoms with Gasteiger partial charge in [0.25, 0.3) is 0 Å². The van der Waals surface area contributed by atoms with Gasteiger partial charge in [0, 0.05) is 10.0 Å². The fourth-order valence-corrected chi connectivity index (χ4v) is 2.86. The number of nitrogens with zero attached hydrogens (tertiary/aromatic N) is 1. The molecule has 0 saturated heterocycles. The molecule has 0 saturated carbocycles. The molecule has 0 aliphatic heterocycles. The molecule has 11 heteroatoms. The number of carbonyl (C=O) groups is 3. The number of carbonyl (C=O) groups excluding carboxylic acids is 2. The molecule has 0 spiro atoms. The summed E-state index contributed by atoms with van der Waals surface area (Å²) in [7, 11) is 0. The molecule has 0 aliphatic carbocycles. The third-order valence-electron chi connectivity index (χ3n) is 3.78. The molecular weight excluding hydrogens is 435 g/mol. The number of hydrogen-bond donors (Lipinski definition) is 4. The molecular formula is C19H18Cl2N4O5. The Bertz CT molecular complexity index is 959. The minimum absolute atomic E-state index is 0.121. The SMILES string of the molecule is NC(=NC(=O)Oc1ccc(CC(N)C(=O)O)cc1)NC(=O)Cc1c(Cl)cccc1Cl. The van der Waals surface area contributed by atoms with Gasteiger partial charge in [0.2, 0.25) is 11.9 Å². The maximum absolute atomic E-state index is 12.0. The summed E-state index contributed by atoms with van der Waals surface area (Å²) in [5.41, 5.74) is 12.1. The third kappa shape index (κ3) is 7.03. The molecule has 0 fully saturated rings. The van der Waals surface area contributed by atoms with Crippen LogP contribution in [0.2, 0.25) is 10.0 Å². The molecule has 1 atom stereocenters. The second-order valence-electron chi connectivity index (χ2n) is 6.08. The molecule has 0 bridgehead atoms. The number of amides is 2. The first-order valence-electron chi connectivity index (χ1n) is 8.51. The van der Waals surface area contributed by atoms with Crippen LogP contribution in [0.25, 0.3) is 0 Å². The van der Waals surface area contributed by atoms with Crippen molar-refractivity contribution in [2.45, 2.75) is 18.9 Å². The molecule has 0 radical (unpaired) electrons. The normalized spacial score (nSPS) is 12.2. The lowest BCUT2D eigenvalue weighted by Gasteiger charge is -2.08. The second-order valence-corrected chi connectivity index (χ2v) is 6.90. The van der Waals surface area contributed by atoms with E-state index in [1.807, 2.05) is 0 Å². The first-order chi connectivity index (χ1) is 14.2. The van der Waals surface area contributed by atoms with Gasteiger partial charge in [0.15, 0.2) is 0 Å². The van der Waals surface area contributed by atoms with Gasteiger partial charge in [-0.25, -0.2) is 4.79 Å². The summed E-state index contributed by atoms with van der Waals surface area (Å²) in [6.07, 6.45) is -1.10. The Hall–Kier alpha value is -3.14. The largest absolute Gasteiger partial charge is 0.480 e. The number of benzene rings is 2. The third-order valence-corrected chi connectivity index (χ3v) is 4.49. The van der Waals surface area contributed by atoms with E-state index in [-0.39, 0.29) is 18.6 Å². The van der Waals surface area contributed by atoms with Crippen molar-refractivity contribution in [3.63, 3.8) is 0 Å². The first-order valence-corrected chi connectivity index (χ1v) is 9.27. The number of guanidine groups is 1. The van der Waals surface area contributed by atoms with Crippen LogP contribution in [0.15, 0.2) is 47.5 Å². The van der Waals surface area contributed by atoms with Crippen molar-refractivity contribution < 1.29 is 24.2 Å². The van der Waals surface area contributed by atoms with Gasteiger partial charge in [0.05, 0.1) is 6.42 Å². The number of nitrogens with one attached hydrogen (secondary N) is 1. The van der Waals surface area contributed by atoms with Gasteiger partial charge in [0.1, 0.15) is 11.8 Å². The van der Waals surface area contributed by atoms with E-state index in [1.54, 1.807) is 30.3 Å². The molecule has 1 unspecified atom stereocenters. The van der Waals surface area contributed by atoms with E-state index in [9.17, 15) is 14.4 Å². The predicted octanol–water partition coefficient (Wildman–Crippen LogP) is 2.12. The summed E-state index contributed by atoms with van der Waals surface area (Å²) in [5.74, 6) is -2.00. The van der Waals surface area contributed by atoms with Crippen LogP contribution in [0.4, 0.5) is 4.79 Å². The number of aliphatic imine (C=N–C) groups is 1. The predicted molar refractivity (Wildman–Crippen MR) is 112 cm³/mol. The summed E-state index contributed by atoms with van der Waals surface area (Å²) in [6.45, 7) is 0. The molecule has 9 nitrogen and oxygen atoms in total. The van der Waals surface area contributed by atoms with Crippen molar-refractivity contribution in [1.82, 2.24) is 5.32 Å². The van der Waals surface area contributed by atoms with Gasteiger partial charge in [-0.3, -0.25) is 14.9 Å². The van der Waals surface area contributed by atoms with Crippen molar-refractivity contribution in [1.29, 1.82) is 0 Å². The van der Waals surface area contributed by atoms with Crippen LogP contribution in [-0.4, -0.2) is 35.1 Å². The number of aliphatic carboxylic acids is 1. The van der Waals surface area contributed by atoms with Crippen molar-refractivity contribution in [3.8, 4) is 5.75 Å². The van der Waals surface area contributed by atoms with E-state index in [2.05, 4.69) is 10.3 Å². The zero-order chi connectivity index (χ0) is 22.3. The first kappa shape index (κ1) is 23.1. The maximum atomic E-state index is 12.0. The van der Waals surface area contributed by atoms with Crippen molar-refractivity contribution in [2.75, 3.05) is 0 Å². The van der Waals surface area contributed by atoms with E-state index >= 15 is 0 Å². The zero-order valence-electron chi connectivity index (χ0n) is 15.5. The number of halogens is 2. The highest BCUT2D eigenvalue weighted by atomic mass is 35.5. The molecule has 6 N–H and O–H groups in total. The molecule has 0 aromatic heterocycles. The van der Waals surface area contributed by atoms with E-state index in [0.29, 0.717) is 21.2 Å². The fraction of sp³-hybridized carbons (Fsp3) is 0.158. The molecule has 0 heterocycles. The van der Waals surface area contributed by atoms with Gasteiger partial charge in [-0.05, 0) is 41.8 Å². The highest BCUT2D eigenvalue weighted by molar-refractivity contribution is 6.36. The van der Waals surface area contributed by atoms with Crippen LogP contribution in [0.1, 0.15) is 11.1 Å². The molecule has 2 aromatic rings. The Morgan fingerprint density at radius 2 is 1.70 bits per heavy atom. The van der Waals surface area contributed by atoms with Gasteiger partial charge < -0.3 is 21.3 Å². The van der Waals surface area contributed by atoms with E-state index in [0.717, 1.165) is 0 Å². The Labute approximate surface area is 181 Å². The lowest BCUT2D eigenvalue weighted by atomic mass is 10.1. The van der Waals surface area contributed by atoms with Crippen LogP contribution in [-0.2, 0) is 22.4 Å². The van der Waals surface area contributed by atoms with Crippen LogP contribution in [0.5, 0.6) is 5.75 Å². The highest BCUT2D eigenvalue weighted by Crippen LogP contribution is 2.24. The molecule has 0 aliphatic rings. The minimum Gasteiger partial charge on any atom is -0.480 e. The van der Waals surface area contributed by atoms with Crippen molar-refractivity contribution in [3.05, 3.63) is 63.6 Å². The number of carboxylic acid groups (broad SMARTS) is 1. The number of rotatable bonds is 6. The van der Waals surface area contributed by atoms with Gasteiger partial charge in [-0.1, -0.05) is 41.4 Å². The standard InChI is InChI=1S/C19H18Cl2N4O5/c20-13-2-1-3-14(21)12(13)9-16(26)24-18(23)25-19(29)30-11-6-4-10(5-7-11)8-15(22)17(27)28/h1-7,15H,8-9,22H2,(H,27,28)(H3,23,24,25,26,29). The molecule has 158 valence electrons. The zero-order valence-corrected chi connectivity index (χ0v) is 17.0. The lowest BCUT2D eigenvalue weighted by molar-refractivity contribution is -0.138. The topological polar surface area (TPSA) is 157 Å².